The number of nitrogens with zero attached hydrogens (tertiary/aromatic N) is 4. The van der Waals surface area contributed by atoms with E-state index in [0.29, 0.717) is 25.9 Å². The Kier molecular flexibility index (Phi) is 13.3. The maximum absolute atomic E-state index is 13.0. The molecule has 0 aliphatic rings. The summed E-state index contributed by atoms with van der Waals surface area (Å²) >= 11 is 5.98. The molecule has 0 aliphatic carbocycles. The molecular weight excluding hydrogens is 690 g/mol. The number of hydrogen-bond donors (Lipinski definition) is 3. The van der Waals surface area contributed by atoms with Gasteiger partial charge in [-0.1, -0.05) is 23.7 Å². The third kappa shape index (κ3) is 10.7. The van der Waals surface area contributed by atoms with Gasteiger partial charge in [0.25, 0.3) is 11.7 Å². The van der Waals surface area contributed by atoms with Gasteiger partial charge in [0.05, 0.1) is 27.3 Å². The number of imidazole rings is 1. The van der Waals surface area contributed by atoms with Gasteiger partial charge < -0.3 is 35.6 Å². The van der Waals surface area contributed by atoms with Crippen LogP contribution >= 0.6 is 18.7 Å². The lowest BCUT2D eigenvalue weighted by molar-refractivity contribution is -0.676. The molecule has 13 nitrogen and oxygen atoms in total. The number of nitrogens with two attached hydrogens (primary N) is 2. The van der Waals surface area contributed by atoms with Crippen LogP contribution in [0.1, 0.15) is 35.2 Å². The Hall–Kier alpha value is -4.56. The Morgan fingerprint density at radius 1 is 1.04 bits per heavy atom. The summed E-state index contributed by atoms with van der Waals surface area (Å²) in [7, 11) is 0.0663. The summed E-state index contributed by atoms with van der Waals surface area (Å²) < 4.78 is 63.7. The number of anilines is 2. The van der Waals surface area contributed by atoms with Gasteiger partial charge in [-0.3, -0.25) is 4.79 Å². The molecule has 2 aromatic carbocycles. The second-order valence-electron chi connectivity index (χ2n) is 11.1. The topological polar surface area (TPSA) is 178 Å². The van der Waals surface area contributed by atoms with Crippen LogP contribution in [0.3, 0.4) is 0 Å². The number of fused-ring (bicyclic) bond motifs is 1. The Balaban J connectivity index is 0.000000723. The SMILES string of the molecule is CC[n+]1c(CNC(=O)c2nc(Cl)c(N)nc2N)n(CCCc2ccc(OCP(C)(C)=O)cc2)c2cc(OC)ccc21.COC(=O)C(F)(F)F. The number of rotatable bonds is 12. The molecule has 18 heteroatoms. The number of alkyl halides is 3. The summed E-state index contributed by atoms with van der Waals surface area (Å²) in [5, 5.41) is 2.84. The Morgan fingerprint density at radius 2 is 1.69 bits per heavy atom. The first-order valence-corrected chi connectivity index (χ1v) is 18.0. The van der Waals surface area contributed by atoms with Crippen molar-refractivity contribution in [1.29, 1.82) is 0 Å². The van der Waals surface area contributed by atoms with Gasteiger partial charge in [-0.25, -0.2) is 23.9 Å². The Morgan fingerprint density at radius 3 is 2.24 bits per heavy atom. The molecule has 4 aromatic rings. The number of nitrogen functional groups attached to an aromatic ring is 2. The van der Waals surface area contributed by atoms with E-state index in [2.05, 4.69) is 36.1 Å². The molecule has 266 valence electrons. The van der Waals surface area contributed by atoms with Crippen LogP contribution in [0.5, 0.6) is 11.5 Å². The molecule has 49 heavy (non-hydrogen) atoms. The van der Waals surface area contributed by atoms with Crippen LogP contribution in [-0.2, 0) is 40.2 Å². The fourth-order valence-electron chi connectivity index (χ4n) is 4.68. The number of methoxy groups -OCH3 is 2. The van der Waals surface area contributed by atoms with Crippen molar-refractivity contribution in [2.45, 2.75) is 45.6 Å². The van der Waals surface area contributed by atoms with Gasteiger partial charge in [0.2, 0.25) is 0 Å². The van der Waals surface area contributed by atoms with Crippen molar-refractivity contribution in [2.75, 3.05) is 45.4 Å². The summed E-state index contributed by atoms with van der Waals surface area (Å²) in [6.07, 6.45) is -2.96. The van der Waals surface area contributed by atoms with Crippen molar-refractivity contribution in [2.24, 2.45) is 0 Å². The van der Waals surface area contributed by atoms with E-state index in [1.807, 2.05) is 42.5 Å². The van der Waals surface area contributed by atoms with E-state index in [4.69, 9.17) is 32.5 Å². The first-order chi connectivity index (χ1) is 23.0. The maximum Gasteiger partial charge on any atom is 0.490 e. The van der Waals surface area contributed by atoms with Gasteiger partial charge in [0.15, 0.2) is 33.5 Å². The molecule has 2 aromatic heterocycles. The third-order valence-electron chi connectivity index (χ3n) is 6.96. The van der Waals surface area contributed by atoms with Crippen LogP contribution < -0.4 is 30.8 Å². The summed E-state index contributed by atoms with van der Waals surface area (Å²) in [5.74, 6) is -0.438. The lowest BCUT2D eigenvalue weighted by Gasteiger charge is -2.10. The fraction of sp³-hybridized carbons (Fsp3) is 0.387. The summed E-state index contributed by atoms with van der Waals surface area (Å²) in [6.45, 7) is 7.09. The number of esters is 1. The fourth-order valence-corrected chi connectivity index (χ4v) is 5.27. The van der Waals surface area contributed by atoms with Crippen LogP contribution in [0.25, 0.3) is 11.0 Å². The maximum atomic E-state index is 13.0. The molecule has 1 amide bonds. The highest BCUT2D eigenvalue weighted by atomic mass is 35.5. The molecular formula is C31H39ClF3N7O6P+. The summed E-state index contributed by atoms with van der Waals surface area (Å²) in [5.41, 5.74) is 14.6. The number of carbonyl (C=O) groups excluding carboxylic acids is 2. The minimum absolute atomic E-state index is 0.0338. The minimum atomic E-state index is -4.85. The zero-order valence-electron chi connectivity index (χ0n) is 27.6. The molecule has 2 heterocycles. The predicted molar refractivity (Wildman–Crippen MR) is 179 cm³/mol. The highest BCUT2D eigenvalue weighted by Crippen LogP contribution is 2.36. The van der Waals surface area contributed by atoms with Gasteiger partial charge in [-0.05, 0) is 62.9 Å². The first-order valence-electron chi connectivity index (χ1n) is 14.9. The highest BCUT2D eigenvalue weighted by molar-refractivity contribution is 7.62. The number of carbonyl (C=O) groups is 2. The molecule has 0 fully saturated rings. The summed E-state index contributed by atoms with van der Waals surface area (Å²) in [4.78, 5) is 30.4. The van der Waals surface area contributed by atoms with E-state index in [-0.39, 0.29) is 35.4 Å². The van der Waals surface area contributed by atoms with Crippen molar-refractivity contribution < 1.29 is 46.1 Å². The van der Waals surface area contributed by atoms with Crippen molar-refractivity contribution in [1.82, 2.24) is 19.9 Å². The number of amides is 1. The standard InChI is InChI=1S/C28H35ClN7O4P.C3H3F3O2/c1-5-35-21-13-12-20(39-2)15-22(21)36(14-6-7-18-8-10-19(11-9-18)40-17-41(3,4)38)23(35)16-32-28(37)24-26(30)34-27(31)25(29)33-24;1-8-2(7)3(4,5)6/h8-13,15H,5-7,14,16-17H2,1-4H3,(H4-,30,31,32,34,37);1H3/p+1. The normalized spacial score (nSPS) is 11.4. The molecule has 0 aliphatic heterocycles. The van der Waals surface area contributed by atoms with Crippen LogP contribution in [0.4, 0.5) is 24.8 Å². The van der Waals surface area contributed by atoms with Crippen LogP contribution in [0.15, 0.2) is 42.5 Å². The molecule has 0 radical (unpaired) electrons. The number of aromatic nitrogens is 4. The third-order valence-corrected chi connectivity index (χ3v) is 7.99. The number of ether oxygens (including phenoxy) is 3. The number of hydrogen-bond acceptors (Lipinski definition) is 10. The van der Waals surface area contributed by atoms with Crippen molar-refractivity contribution in [3.8, 4) is 11.5 Å². The largest absolute Gasteiger partial charge is 0.497 e. The smallest absolute Gasteiger partial charge is 0.490 e. The molecule has 0 saturated carbocycles. The lowest BCUT2D eigenvalue weighted by Crippen LogP contribution is -2.40. The van der Waals surface area contributed by atoms with E-state index in [9.17, 15) is 27.3 Å². The quantitative estimate of drug-likeness (QED) is 0.104. The monoisotopic (exact) mass is 728 g/mol. The Bertz CT molecular complexity index is 1830. The zero-order chi connectivity index (χ0) is 36.5. The van der Waals surface area contributed by atoms with Crippen LogP contribution in [-0.4, -0.2) is 66.5 Å². The number of aryl methyl sites for hydroxylation is 3. The molecule has 4 rings (SSSR count). The van der Waals surface area contributed by atoms with Gasteiger partial charge in [-0.2, -0.15) is 13.2 Å². The molecule has 0 saturated heterocycles. The molecule has 0 spiro atoms. The first kappa shape index (κ1) is 38.9. The van der Waals surface area contributed by atoms with Gasteiger partial charge in [0, 0.05) is 6.07 Å². The predicted octanol–water partition coefficient (Wildman–Crippen LogP) is 4.81. The average Bonchev–Trinajstić information content (AvgIpc) is 3.35. The number of nitrogens with one attached hydrogen (secondary N) is 1. The summed E-state index contributed by atoms with van der Waals surface area (Å²) in [6, 6.07) is 13.8. The van der Waals surface area contributed by atoms with E-state index < -0.39 is 25.2 Å². The van der Waals surface area contributed by atoms with Crippen molar-refractivity contribution >= 4 is 53.3 Å². The number of benzene rings is 2. The van der Waals surface area contributed by atoms with E-state index in [1.165, 1.54) is 0 Å². The van der Waals surface area contributed by atoms with Gasteiger partial charge >= 0.3 is 12.1 Å². The van der Waals surface area contributed by atoms with E-state index in [1.54, 1.807) is 20.4 Å². The zero-order valence-corrected chi connectivity index (χ0v) is 29.3. The molecule has 0 unspecified atom stereocenters. The van der Waals surface area contributed by atoms with Crippen LogP contribution in [0, 0.1) is 0 Å². The minimum Gasteiger partial charge on any atom is -0.497 e. The number of halogens is 4. The van der Waals surface area contributed by atoms with E-state index >= 15 is 0 Å². The van der Waals surface area contributed by atoms with Crippen LogP contribution in [0.2, 0.25) is 5.15 Å². The Labute approximate surface area is 286 Å². The average molecular weight is 729 g/mol. The van der Waals surface area contributed by atoms with Crippen molar-refractivity contribution in [3.05, 3.63) is 64.7 Å². The molecule has 5 N–H and O–H groups in total. The van der Waals surface area contributed by atoms with Gasteiger partial charge in [0.1, 0.15) is 31.5 Å². The lowest BCUT2D eigenvalue weighted by atomic mass is 10.1. The molecule has 0 bridgehead atoms. The van der Waals surface area contributed by atoms with Crippen molar-refractivity contribution in [3.63, 3.8) is 0 Å². The van der Waals surface area contributed by atoms with E-state index in [0.717, 1.165) is 41.0 Å². The van der Waals surface area contributed by atoms with Gasteiger partial charge in [-0.15, -0.1) is 0 Å². The second kappa shape index (κ2) is 16.7. The molecule has 0 atom stereocenters. The highest BCUT2D eigenvalue weighted by Gasteiger charge is 2.40. The second-order valence-corrected chi connectivity index (χ2v) is 14.8.